The van der Waals surface area contributed by atoms with E-state index in [2.05, 4.69) is 32.0 Å². The lowest BCUT2D eigenvalue weighted by atomic mass is 9.71. The minimum absolute atomic E-state index is 0.329. The molecule has 0 amide bonds. The number of hydrogen-bond acceptors (Lipinski definition) is 2. The molecule has 0 atom stereocenters. The van der Waals surface area contributed by atoms with Gasteiger partial charge in [0.15, 0.2) is 0 Å². The maximum Gasteiger partial charge on any atom is 0.0687 e. The molecule has 2 nitrogen and oxygen atoms in total. The highest BCUT2D eigenvalue weighted by molar-refractivity contribution is 5.77. The van der Waals surface area contributed by atoms with Gasteiger partial charge in [-0.25, -0.2) is 0 Å². The van der Waals surface area contributed by atoms with Crippen LogP contribution in [0.4, 0.5) is 0 Å². The number of oxime groups is 1. The van der Waals surface area contributed by atoms with Crippen molar-refractivity contribution in [3.8, 4) is 0 Å². The highest BCUT2D eigenvalue weighted by Crippen LogP contribution is 2.41. The van der Waals surface area contributed by atoms with Gasteiger partial charge in [-0.15, -0.1) is 0 Å². The monoisotopic (exact) mass is 221 g/mol. The topological polar surface area (TPSA) is 32.6 Å². The molecule has 0 spiro atoms. The molecule has 2 heteroatoms. The lowest BCUT2D eigenvalue weighted by molar-refractivity contribution is 0.321. The van der Waals surface area contributed by atoms with Gasteiger partial charge in [0.1, 0.15) is 0 Å². The van der Waals surface area contributed by atoms with Crippen LogP contribution in [-0.2, 0) is 0 Å². The van der Waals surface area contributed by atoms with Gasteiger partial charge in [-0.1, -0.05) is 36.2 Å². The summed E-state index contributed by atoms with van der Waals surface area (Å²) in [6.45, 7) is 8.87. The van der Waals surface area contributed by atoms with Crippen LogP contribution in [0.3, 0.4) is 0 Å². The van der Waals surface area contributed by atoms with Crippen molar-refractivity contribution in [3.05, 3.63) is 22.8 Å². The largest absolute Gasteiger partial charge is 0.411 e. The standard InChI is InChI=1S/C14H23NO/c1-11(10-15-16)7-8-13-12(2)6-5-9-14(13,3)4/h7,10,16H,5-6,8-9H2,1-4H3. The molecule has 1 aliphatic rings. The first-order valence-corrected chi connectivity index (χ1v) is 6.00. The van der Waals surface area contributed by atoms with E-state index in [1.807, 2.05) is 6.92 Å². The molecule has 0 radical (unpaired) electrons. The van der Waals surface area contributed by atoms with Crippen LogP contribution in [0.2, 0.25) is 0 Å². The smallest absolute Gasteiger partial charge is 0.0687 e. The minimum atomic E-state index is 0.329. The first-order valence-electron chi connectivity index (χ1n) is 6.00. The van der Waals surface area contributed by atoms with E-state index in [0.29, 0.717) is 5.41 Å². The van der Waals surface area contributed by atoms with Crippen molar-refractivity contribution < 1.29 is 5.21 Å². The van der Waals surface area contributed by atoms with Gasteiger partial charge in [0, 0.05) is 0 Å². The molecule has 0 aliphatic heterocycles. The summed E-state index contributed by atoms with van der Waals surface area (Å²) < 4.78 is 0. The van der Waals surface area contributed by atoms with Crippen molar-refractivity contribution in [2.45, 2.75) is 53.4 Å². The number of allylic oxidation sites excluding steroid dienone is 4. The summed E-state index contributed by atoms with van der Waals surface area (Å²) in [6, 6.07) is 0. The molecule has 0 unspecified atom stereocenters. The Balaban J connectivity index is 2.82. The molecule has 1 N–H and O–H groups in total. The molecule has 0 bridgehead atoms. The van der Waals surface area contributed by atoms with Gasteiger partial charge in [-0.05, 0) is 50.5 Å². The van der Waals surface area contributed by atoms with Crippen molar-refractivity contribution in [2.75, 3.05) is 0 Å². The molecule has 16 heavy (non-hydrogen) atoms. The van der Waals surface area contributed by atoms with E-state index < -0.39 is 0 Å². The van der Waals surface area contributed by atoms with E-state index in [9.17, 15) is 0 Å². The second-order valence-corrected chi connectivity index (χ2v) is 5.39. The van der Waals surface area contributed by atoms with Gasteiger partial charge >= 0.3 is 0 Å². The highest BCUT2D eigenvalue weighted by atomic mass is 16.4. The van der Waals surface area contributed by atoms with Crippen molar-refractivity contribution in [3.63, 3.8) is 0 Å². The summed E-state index contributed by atoms with van der Waals surface area (Å²) in [5.41, 5.74) is 4.45. The molecule has 0 aromatic carbocycles. The molecule has 0 fully saturated rings. The molecule has 0 aromatic rings. The first kappa shape index (κ1) is 13.0. The van der Waals surface area contributed by atoms with E-state index in [-0.39, 0.29) is 0 Å². The summed E-state index contributed by atoms with van der Waals surface area (Å²) in [4.78, 5) is 0. The average molecular weight is 221 g/mol. The maximum atomic E-state index is 8.44. The Hall–Kier alpha value is -1.05. The van der Waals surface area contributed by atoms with Gasteiger partial charge in [0.2, 0.25) is 0 Å². The van der Waals surface area contributed by atoms with Crippen LogP contribution in [0.5, 0.6) is 0 Å². The van der Waals surface area contributed by atoms with E-state index in [4.69, 9.17) is 5.21 Å². The van der Waals surface area contributed by atoms with Gasteiger partial charge in [-0.3, -0.25) is 0 Å². The zero-order valence-corrected chi connectivity index (χ0v) is 10.9. The summed E-state index contributed by atoms with van der Waals surface area (Å²) in [5.74, 6) is 0. The Morgan fingerprint density at radius 1 is 1.50 bits per heavy atom. The number of hydrogen-bond donors (Lipinski definition) is 1. The van der Waals surface area contributed by atoms with Crippen LogP contribution in [0.1, 0.15) is 53.4 Å². The molecule has 0 saturated carbocycles. The molecule has 1 aliphatic carbocycles. The van der Waals surface area contributed by atoms with Crippen molar-refractivity contribution in [1.29, 1.82) is 0 Å². The summed E-state index contributed by atoms with van der Waals surface area (Å²) in [6.07, 6.45) is 8.44. The Bertz CT molecular complexity index is 335. The number of nitrogens with zero attached hydrogens (tertiary/aromatic N) is 1. The Morgan fingerprint density at radius 3 is 2.75 bits per heavy atom. The molecule has 90 valence electrons. The van der Waals surface area contributed by atoms with E-state index in [1.54, 1.807) is 11.1 Å². The van der Waals surface area contributed by atoms with Crippen LogP contribution in [0, 0.1) is 5.41 Å². The molecular formula is C14H23NO. The predicted molar refractivity (Wildman–Crippen MR) is 69.0 cm³/mol. The minimum Gasteiger partial charge on any atom is -0.411 e. The zero-order chi connectivity index (χ0) is 12.2. The van der Waals surface area contributed by atoms with Crippen LogP contribution in [0.25, 0.3) is 0 Å². The van der Waals surface area contributed by atoms with Crippen molar-refractivity contribution in [2.24, 2.45) is 10.6 Å². The van der Waals surface area contributed by atoms with Crippen molar-refractivity contribution in [1.82, 2.24) is 0 Å². The number of rotatable bonds is 3. The van der Waals surface area contributed by atoms with Crippen LogP contribution in [-0.4, -0.2) is 11.4 Å². The molecule has 0 aromatic heterocycles. The third-order valence-corrected chi connectivity index (χ3v) is 3.58. The molecule has 0 saturated heterocycles. The second kappa shape index (κ2) is 5.33. The van der Waals surface area contributed by atoms with E-state index in [1.165, 1.54) is 25.5 Å². The van der Waals surface area contributed by atoms with Crippen molar-refractivity contribution >= 4 is 6.21 Å². The molecule has 0 heterocycles. The predicted octanol–water partition coefficient (Wildman–Crippen LogP) is 4.31. The lowest BCUT2D eigenvalue weighted by Gasteiger charge is -2.34. The van der Waals surface area contributed by atoms with Crippen LogP contribution in [0.15, 0.2) is 28.0 Å². The van der Waals surface area contributed by atoms with E-state index >= 15 is 0 Å². The molecule has 1 rings (SSSR count). The first-order chi connectivity index (χ1) is 7.47. The average Bonchev–Trinajstić information content (AvgIpc) is 2.16. The third-order valence-electron chi connectivity index (χ3n) is 3.58. The van der Waals surface area contributed by atoms with Gasteiger partial charge in [0.05, 0.1) is 6.21 Å². The Morgan fingerprint density at radius 2 is 2.19 bits per heavy atom. The second-order valence-electron chi connectivity index (χ2n) is 5.39. The van der Waals surface area contributed by atoms with Crippen LogP contribution < -0.4 is 0 Å². The Labute approximate surface area is 98.7 Å². The zero-order valence-electron chi connectivity index (χ0n) is 10.9. The summed E-state index contributed by atoms with van der Waals surface area (Å²) >= 11 is 0. The van der Waals surface area contributed by atoms with Gasteiger partial charge < -0.3 is 5.21 Å². The Kier molecular flexibility index (Phi) is 4.34. The highest BCUT2D eigenvalue weighted by Gasteiger charge is 2.27. The van der Waals surface area contributed by atoms with Gasteiger partial charge in [0.25, 0.3) is 0 Å². The summed E-state index contributed by atoms with van der Waals surface area (Å²) in [7, 11) is 0. The SMILES string of the molecule is CC(C=NO)=CCC1=C(C)CCCC1(C)C. The van der Waals surface area contributed by atoms with Gasteiger partial charge in [-0.2, -0.15) is 0 Å². The fraction of sp³-hybridized carbons (Fsp3) is 0.643. The van der Waals surface area contributed by atoms with Crippen LogP contribution >= 0.6 is 0 Å². The lowest BCUT2D eigenvalue weighted by Crippen LogP contribution is -2.20. The maximum absolute atomic E-state index is 8.44. The normalized spacial score (nSPS) is 21.9. The quantitative estimate of drug-likeness (QED) is 0.327. The molecular weight excluding hydrogens is 198 g/mol. The fourth-order valence-electron chi connectivity index (χ4n) is 2.53. The summed E-state index contributed by atoms with van der Waals surface area (Å²) in [5, 5.41) is 11.5. The third kappa shape index (κ3) is 3.22. The fourth-order valence-corrected chi connectivity index (χ4v) is 2.53. The van der Waals surface area contributed by atoms with E-state index in [0.717, 1.165) is 12.0 Å².